The standard InChI is InChI=1S/C20H18N4O4S/c1-28-14-8-6-13(7-9-14)24-18(26)15-4-2-3-5-16(15)22-20(24)29-12-17(25)23-11-10-21-19(23)27/h2-9H,10-12H2,1H3,(H,21,27). The molecular formula is C20H18N4O4S. The van der Waals surface area contributed by atoms with Crippen LogP contribution in [0.1, 0.15) is 0 Å². The average molecular weight is 410 g/mol. The van der Waals surface area contributed by atoms with Crippen molar-refractivity contribution in [2.45, 2.75) is 5.16 Å². The average Bonchev–Trinajstić information content (AvgIpc) is 3.18. The number of fused-ring (bicyclic) bond motifs is 1. The highest BCUT2D eigenvalue weighted by atomic mass is 32.2. The zero-order valence-electron chi connectivity index (χ0n) is 15.6. The lowest BCUT2D eigenvalue weighted by Crippen LogP contribution is -2.35. The van der Waals surface area contributed by atoms with Gasteiger partial charge in [-0.1, -0.05) is 23.9 Å². The van der Waals surface area contributed by atoms with Gasteiger partial charge in [0.25, 0.3) is 5.56 Å². The number of hydrogen-bond acceptors (Lipinski definition) is 6. The Morgan fingerprint density at radius 3 is 2.62 bits per heavy atom. The molecule has 148 valence electrons. The highest BCUT2D eigenvalue weighted by Crippen LogP contribution is 2.23. The van der Waals surface area contributed by atoms with Gasteiger partial charge in [-0.05, 0) is 36.4 Å². The molecule has 0 spiro atoms. The van der Waals surface area contributed by atoms with Crippen LogP contribution >= 0.6 is 11.8 Å². The van der Waals surface area contributed by atoms with Gasteiger partial charge in [-0.3, -0.25) is 19.1 Å². The number of ether oxygens (including phenoxy) is 1. The first kappa shape index (κ1) is 19.0. The summed E-state index contributed by atoms with van der Waals surface area (Å²) < 4.78 is 6.66. The number of hydrogen-bond donors (Lipinski definition) is 1. The third kappa shape index (κ3) is 3.68. The number of carbonyl (C=O) groups is 2. The van der Waals surface area contributed by atoms with E-state index in [-0.39, 0.29) is 17.2 Å². The van der Waals surface area contributed by atoms with Crippen LogP contribution < -0.4 is 15.6 Å². The number of benzene rings is 2. The van der Waals surface area contributed by atoms with E-state index in [0.29, 0.717) is 40.6 Å². The maximum Gasteiger partial charge on any atom is 0.324 e. The first-order valence-corrected chi connectivity index (χ1v) is 9.94. The second kappa shape index (κ2) is 7.96. The number of methoxy groups -OCH3 is 1. The van der Waals surface area contributed by atoms with Crippen LogP contribution in [0.2, 0.25) is 0 Å². The number of nitrogens with one attached hydrogen (secondary N) is 1. The molecule has 1 saturated heterocycles. The lowest BCUT2D eigenvalue weighted by molar-refractivity contribution is -0.124. The van der Waals surface area contributed by atoms with Crippen molar-refractivity contribution in [1.82, 2.24) is 19.8 Å². The zero-order valence-corrected chi connectivity index (χ0v) is 16.4. The fourth-order valence-electron chi connectivity index (χ4n) is 3.08. The van der Waals surface area contributed by atoms with Crippen LogP contribution in [0.4, 0.5) is 4.79 Å². The van der Waals surface area contributed by atoms with Crippen LogP contribution in [0.15, 0.2) is 58.5 Å². The lowest BCUT2D eigenvalue weighted by atomic mass is 10.2. The maximum absolute atomic E-state index is 13.2. The van der Waals surface area contributed by atoms with E-state index in [2.05, 4.69) is 10.3 Å². The van der Waals surface area contributed by atoms with E-state index in [4.69, 9.17) is 4.74 Å². The fraction of sp³-hybridized carbons (Fsp3) is 0.200. The zero-order chi connectivity index (χ0) is 20.4. The molecule has 1 fully saturated rings. The van der Waals surface area contributed by atoms with Crippen LogP contribution in [-0.4, -0.2) is 52.3 Å². The molecule has 1 aromatic heterocycles. The normalized spacial score (nSPS) is 13.6. The van der Waals surface area contributed by atoms with Gasteiger partial charge in [-0.25, -0.2) is 9.78 Å². The third-order valence-electron chi connectivity index (χ3n) is 4.56. The number of thioether (sulfide) groups is 1. The van der Waals surface area contributed by atoms with Crippen molar-refractivity contribution in [3.05, 3.63) is 58.9 Å². The van der Waals surface area contributed by atoms with Gasteiger partial charge in [0.05, 0.1) is 29.5 Å². The van der Waals surface area contributed by atoms with Gasteiger partial charge in [-0.2, -0.15) is 0 Å². The molecule has 2 aromatic carbocycles. The van der Waals surface area contributed by atoms with Gasteiger partial charge in [-0.15, -0.1) is 0 Å². The number of amides is 3. The molecule has 0 radical (unpaired) electrons. The van der Waals surface area contributed by atoms with Crippen molar-refractivity contribution >= 4 is 34.6 Å². The Hall–Kier alpha value is -3.33. The number of rotatable bonds is 5. The molecule has 0 saturated carbocycles. The van der Waals surface area contributed by atoms with E-state index < -0.39 is 6.03 Å². The molecule has 9 heteroatoms. The third-order valence-corrected chi connectivity index (χ3v) is 5.48. The summed E-state index contributed by atoms with van der Waals surface area (Å²) in [7, 11) is 1.57. The number of para-hydroxylation sites is 1. The minimum Gasteiger partial charge on any atom is -0.497 e. The van der Waals surface area contributed by atoms with Crippen LogP contribution in [-0.2, 0) is 4.79 Å². The Morgan fingerprint density at radius 2 is 1.93 bits per heavy atom. The molecule has 2 heterocycles. The maximum atomic E-state index is 13.2. The highest BCUT2D eigenvalue weighted by molar-refractivity contribution is 7.99. The van der Waals surface area contributed by atoms with Gasteiger partial charge >= 0.3 is 6.03 Å². The Bertz CT molecular complexity index is 1140. The number of urea groups is 1. The molecule has 3 aromatic rings. The second-order valence-corrected chi connectivity index (χ2v) is 7.26. The first-order valence-electron chi connectivity index (χ1n) is 8.95. The SMILES string of the molecule is COc1ccc(-n2c(SCC(=O)N3CCNC3=O)nc3ccccc3c2=O)cc1. The largest absolute Gasteiger partial charge is 0.497 e. The Labute approximate surface area is 170 Å². The molecule has 0 atom stereocenters. The quantitative estimate of drug-likeness (QED) is 0.511. The van der Waals surface area contributed by atoms with Gasteiger partial charge < -0.3 is 10.1 Å². The minimum atomic E-state index is -0.394. The summed E-state index contributed by atoms with van der Waals surface area (Å²) >= 11 is 1.13. The van der Waals surface area contributed by atoms with Crippen molar-refractivity contribution in [2.24, 2.45) is 0 Å². The van der Waals surface area contributed by atoms with Gasteiger partial charge in [0, 0.05) is 13.1 Å². The number of imide groups is 1. The van der Waals surface area contributed by atoms with Gasteiger partial charge in [0.15, 0.2) is 5.16 Å². The predicted molar refractivity (Wildman–Crippen MR) is 110 cm³/mol. The summed E-state index contributed by atoms with van der Waals surface area (Å²) in [4.78, 5) is 43.1. The summed E-state index contributed by atoms with van der Waals surface area (Å²) in [6, 6.07) is 13.7. The summed E-state index contributed by atoms with van der Waals surface area (Å²) in [5, 5.41) is 3.47. The molecule has 0 unspecified atom stereocenters. The predicted octanol–water partition coefficient (Wildman–Crippen LogP) is 2.04. The molecule has 4 rings (SSSR count). The summed E-state index contributed by atoms with van der Waals surface area (Å²) in [6.45, 7) is 0.786. The van der Waals surface area contributed by atoms with Crippen LogP contribution in [0.5, 0.6) is 5.75 Å². The molecule has 0 aliphatic carbocycles. The van der Waals surface area contributed by atoms with E-state index in [1.165, 1.54) is 9.47 Å². The molecule has 29 heavy (non-hydrogen) atoms. The van der Waals surface area contributed by atoms with Gasteiger partial charge in [0.1, 0.15) is 5.75 Å². The minimum absolute atomic E-state index is 0.00560. The van der Waals surface area contributed by atoms with Crippen molar-refractivity contribution in [1.29, 1.82) is 0 Å². The van der Waals surface area contributed by atoms with Crippen molar-refractivity contribution in [3.63, 3.8) is 0 Å². The molecule has 3 amide bonds. The highest BCUT2D eigenvalue weighted by Gasteiger charge is 2.26. The lowest BCUT2D eigenvalue weighted by Gasteiger charge is -2.15. The molecule has 1 aliphatic rings. The number of nitrogens with zero attached hydrogens (tertiary/aromatic N) is 3. The molecular weight excluding hydrogens is 392 g/mol. The topological polar surface area (TPSA) is 93.5 Å². The van der Waals surface area contributed by atoms with Crippen molar-refractivity contribution < 1.29 is 14.3 Å². The number of carbonyl (C=O) groups excluding carboxylic acids is 2. The van der Waals surface area contributed by atoms with Crippen molar-refractivity contribution in [2.75, 3.05) is 26.0 Å². The molecule has 1 aliphatic heterocycles. The smallest absolute Gasteiger partial charge is 0.324 e. The van der Waals surface area contributed by atoms with Crippen LogP contribution in [0, 0.1) is 0 Å². The summed E-state index contributed by atoms with van der Waals surface area (Å²) in [6.07, 6.45) is 0. The van der Waals surface area contributed by atoms with Crippen LogP contribution in [0.25, 0.3) is 16.6 Å². The van der Waals surface area contributed by atoms with Crippen LogP contribution in [0.3, 0.4) is 0 Å². The Morgan fingerprint density at radius 1 is 1.17 bits per heavy atom. The van der Waals surface area contributed by atoms with E-state index in [1.807, 2.05) is 0 Å². The number of aromatic nitrogens is 2. The molecule has 8 nitrogen and oxygen atoms in total. The molecule has 0 bridgehead atoms. The van der Waals surface area contributed by atoms with E-state index in [0.717, 1.165) is 11.8 Å². The summed E-state index contributed by atoms with van der Waals surface area (Å²) in [5.74, 6) is 0.336. The Balaban J connectivity index is 1.73. The van der Waals surface area contributed by atoms with Crippen molar-refractivity contribution in [3.8, 4) is 11.4 Å². The van der Waals surface area contributed by atoms with E-state index >= 15 is 0 Å². The van der Waals surface area contributed by atoms with E-state index in [1.54, 1.807) is 55.6 Å². The van der Waals surface area contributed by atoms with Gasteiger partial charge in [0.2, 0.25) is 5.91 Å². The second-order valence-electron chi connectivity index (χ2n) is 6.32. The first-order chi connectivity index (χ1) is 14.1. The Kier molecular flexibility index (Phi) is 5.22. The van der Waals surface area contributed by atoms with E-state index in [9.17, 15) is 14.4 Å². The summed E-state index contributed by atoms with van der Waals surface area (Å²) in [5.41, 5.74) is 0.939. The molecule has 1 N–H and O–H groups in total. The fourth-order valence-corrected chi connectivity index (χ4v) is 3.97. The monoisotopic (exact) mass is 410 g/mol.